The molecule has 0 fully saturated rings. The molecular formula is C20H18N2O3S. The highest BCUT2D eigenvalue weighted by Crippen LogP contribution is 2.34. The van der Waals surface area contributed by atoms with E-state index in [9.17, 15) is 9.90 Å². The molecule has 0 radical (unpaired) electrons. The van der Waals surface area contributed by atoms with Crippen molar-refractivity contribution in [1.29, 1.82) is 0 Å². The van der Waals surface area contributed by atoms with Crippen LogP contribution < -0.4 is 15.8 Å². The molecule has 0 aliphatic carbocycles. The summed E-state index contributed by atoms with van der Waals surface area (Å²) < 4.78 is 5.14. The second kappa shape index (κ2) is 7.84. The molecule has 3 aromatic rings. The van der Waals surface area contributed by atoms with Gasteiger partial charge in [-0.3, -0.25) is 4.79 Å². The SMILES string of the molecule is COc1cccc(C(=O)Nc2ccc(Sc3ccc(O)cc3)c(N)c2)c1. The summed E-state index contributed by atoms with van der Waals surface area (Å²) >= 11 is 1.49. The number of carbonyl (C=O) groups excluding carboxylic acids is 1. The molecule has 0 atom stereocenters. The van der Waals surface area contributed by atoms with Gasteiger partial charge in [0, 0.05) is 26.7 Å². The number of benzene rings is 3. The molecule has 1 amide bonds. The molecule has 0 aliphatic rings. The fourth-order valence-corrected chi connectivity index (χ4v) is 3.17. The van der Waals surface area contributed by atoms with Gasteiger partial charge in [-0.25, -0.2) is 0 Å². The number of nitrogen functional groups attached to an aromatic ring is 1. The van der Waals surface area contributed by atoms with Crippen molar-refractivity contribution in [3.05, 3.63) is 72.3 Å². The number of aromatic hydroxyl groups is 1. The van der Waals surface area contributed by atoms with Crippen molar-refractivity contribution in [2.24, 2.45) is 0 Å². The summed E-state index contributed by atoms with van der Waals surface area (Å²) in [6, 6.07) is 19.2. The largest absolute Gasteiger partial charge is 0.508 e. The van der Waals surface area contributed by atoms with Crippen LogP contribution in [0.3, 0.4) is 0 Å². The van der Waals surface area contributed by atoms with E-state index in [0.717, 1.165) is 9.79 Å². The van der Waals surface area contributed by atoms with Gasteiger partial charge in [0.1, 0.15) is 11.5 Å². The molecule has 0 heterocycles. The topological polar surface area (TPSA) is 84.6 Å². The Kier molecular flexibility index (Phi) is 5.34. The Bertz CT molecular complexity index is 927. The molecule has 5 nitrogen and oxygen atoms in total. The van der Waals surface area contributed by atoms with E-state index in [1.807, 2.05) is 18.2 Å². The van der Waals surface area contributed by atoms with Gasteiger partial charge in [0.2, 0.25) is 0 Å². The number of carbonyl (C=O) groups is 1. The summed E-state index contributed by atoms with van der Waals surface area (Å²) in [6.07, 6.45) is 0. The van der Waals surface area contributed by atoms with Crippen LogP contribution in [0.2, 0.25) is 0 Å². The van der Waals surface area contributed by atoms with E-state index in [2.05, 4.69) is 5.32 Å². The van der Waals surface area contributed by atoms with Crippen LogP contribution >= 0.6 is 11.8 Å². The lowest BCUT2D eigenvalue weighted by atomic mass is 10.2. The molecule has 0 spiro atoms. The molecule has 0 aliphatic heterocycles. The van der Waals surface area contributed by atoms with Crippen LogP contribution in [0.1, 0.15) is 10.4 Å². The van der Waals surface area contributed by atoms with Crippen LogP contribution in [0.15, 0.2) is 76.5 Å². The highest BCUT2D eigenvalue weighted by atomic mass is 32.2. The van der Waals surface area contributed by atoms with Crippen molar-refractivity contribution < 1.29 is 14.6 Å². The summed E-state index contributed by atoms with van der Waals surface area (Å²) in [5, 5.41) is 12.2. The Hall–Kier alpha value is -3.12. The van der Waals surface area contributed by atoms with Gasteiger partial charge in [-0.05, 0) is 60.7 Å². The zero-order valence-corrected chi connectivity index (χ0v) is 14.9. The van der Waals surface area contributed by atoms with Crippen LogP contribution in [0.25, 0.3) is 0 Å². The van der Waals surface area contributed by atoms with Crippen LogP contribution in [-0.4, -0.2) is 18.1 Å². The number of hydrogen-bond donors (Lipinski definition) is 3. The molecule has 3 aromatic carbocycles. The van der Waals surface area contributed by atoms with Crippen molar-refractivity contribution in [3.8, 4) is 11.5 Å². The van der Waals surface area contributed by atoms with E-state index in [1.165, 1.54) is 11.8 Å². The predicted molar refractivity (Wildman–Crippen MR) is 104 cm³/mol. The first-order valence-electron chi connectivity index (χ1n) is 7.87. The van der Waals surface area contributed by atoms with E-state index in [0.29, 0.717) is 22.7 Å². The average molecular weight is 366 g/mol. The normalized spacial score (nSPS) is 10.3. The molecule has 132 valence electrons. The fraction of sp³-hybridized carbons (Fsp3) is 0.0500. The Labute approximate surface area is 155 Å². The van der Waals surface area contributed by atoms with Gasteiger partial charge in [-0.2, -0.15) is 0 Å². The Morgan fingerprint density at radius 2 is 1.85 bits per heavy atom. The number of amides is 1. The van der Waals surface area contributed by atoms with Crippen LogP contribution in [0, 0.1) is 0 Å². The Balaban J connectivity index is 1.72. The summed E-state index contributed by atoms with van der Waals surface area (Å²) in [4.78, 5) is 14.2. The number of hydrogen-bond acceptors (Lipinski definition) is 5. The lowest BCUT2D eigenvalue weighted by molar-refractivity contribution is 0.102. The average Bonchev–Trinajstić information content (AvgIpc) is 2.65. The first-order chi connectivity index (χ1) is 12.5. The van der Waals surface area contributed by atoms with Crippen molar-refractivity contribution in [1.82, 2.24) is 0 Å². The Morgan fingerprint density at radius 3 is 2.54 bits per heavy atom. The van der Waals surface area contributed by atoms with Crippen LogP contribution in [-0.2, 0) is 0 Å². The van der Waals surface area contributed by atoms with Gasteiger partial charge in [0.25, 0.3) is 5.91 Å². The van der Waals surface area contributed by atoms with Gasteiger partial charge in [-0.15, -0.1) is 0 Å². The van der Waals surface area contributed by atoms with Crippen LogP contribution in [0.4, 0.5) is 11.4 Å². The quantitative estimate of drug-likeness (QED) is 0.583. The third-order valence-electron chi connectivity index (χ3n) is 3.66. The maximum Gasteiger partial charge on any atom is 0.255 e. The highest BCUT2D eigenvalue weighted by Gasteiger charge is 2.09. The number of ether oxygens (including phenoxy) is 1. The molecular weight excluding hydrogens is 348 g/mol. The maximum absolute atomic E-state index is 12.4. The van der Waals surface area contributed by atoms with Crippen LogP contribution in [0.5, 0.6) is 11.5 Å². The minimum absolute atomic E-state index is 0.220. The summed E-state index contributed by atoms with van der Waals surface area (Å²) in [6.45, 7) is 0. The third-order valence-corrected chi connectivity index (χ3v) is 4.76. The van der Waals surface area contributed by atoms with Crippen molar-refractivity contribution in [2.45, 2.75) is 9.79 Å². The lowest BCUT2D eigenvalue weighted by Gasteiger charge is -2.10. The highest BCUT2D eigenvalue weighted by molar-refractivity contribution is 7.99. The minimum atomic E-state index is -0.234. The van der Waals surface area contributed by atoms with E-state index >= 15 is 0 Å². The molecule has 6 heteroatoms. The van der Waals surface area contributed by atoms with E-state index in [-0.39, 0.29) is 11.7 Å². The standard InChI is InChI=1S/C20H18N2O3S/c1-25-16-4-2-3-13(11-16)20(24)22-14-5-10-19(18(21)12-14)26-17-8-6-15(23)7-9-17/h2-12,23H,21H2,1H3,(H,22,24). The summed E-state index contributed by atoms with van der Waals surface area (Å²) in [5.41, 5.74) is 7.80. The number of phenols is 1. The molecule has 0 unspecified atom stereocenters. The summed E-state index contributed by atoms with van der Waals surface area (Å²) in [7, 11) is 1.56. The molecule has 26 heavy (non-hydrogen) atoms. The van der Waals surface area contributed by atoms with E-state index in [4.69, 9.17) is 10.5 Å². The molecule has 3 rings (SSSR count). The lowest BCUT2D eigenvalue weighted by Crippen LogP contribution is -2.12. The van der Waals surface area contributed by atoms with Gasteiger partial charge in [0.05, 0.1) is 7.11 Å². The first kappa shape index (κ1) is 17.7. The number of methoxy groups -OCH3 is 1. The number of phenolic OH excluding ortho intramolecular Hbond substituents is 1. The zero-order chi connectivity index (χ0) is 18.5. The fourth-order valence-electron chi connectivity index (χ4n) is 2.33. The van der Waals surface area contributed by atoms with E-state index in [1.54, 1.807) is 55.6 Å². The van der Waals surface area contributed by atoms with Gasteiger partial charge < -0.3 is 20.9 Å². The first-order valence-corrected chi connectivity index (χ1v) is 8.68. The van der Waals surface area contributed by atoms with Crippen molar-refractivity contribution in [2.75, 3.05) is 18.2 Å². The van der Waals surface area contributed by atoms with Gasteiger partial charge in [0.15, 0.2) is 0 Å². The molecule has 4 N–H and O–H groups in total. The zero-order valence-electron chi connectivity index (χ0n) is 14.1. The molecule has 0 aromatic heterocycles. The molecule has 0 bridgehead atoms. The second-order valence-corrected chi connectivity index (χ2v) is 6.65. The smallest absolute Gasteiger partial charge is 0.255 e. The number of nitrogens with two attached hydrogens (primary N) is 1. The minimum Gasteiger partial charge on any atom is -0.508 e. The second-order valence-electron chi connectivity index (χ2n) is 5.53. The Morgan fingerprint density at radius 1 is 1.08 bits per heavy atom. The molecule has 0 saturated heterocycles. The van der Waals surface area contributed by atoms with Crippen molar-refractivity contribution in [3.63, 3.8) is 0 Å². The third kappa shape index (κ3) is 4.29. The predicted octanol–water partition coefficient (Wildman–Crippen LogP) is 4.39. The molecule has 0 saturated carbocycles. The maximum atomic E-state index is 12.4. The van der Waals surface area contributed by atoms with Crippen molar-refractivity contribution >= 4 is 29.0 Å². The number of rotatable bonds is 5. The monoisotopic (exact) mass is 366 g/mol. The van der Waals surface area contributed by atoms with E-state index < -0.39 is 0 Å². The summed E-state index contributed by atoms with van der Waals surface area (Å²) in [5.74, 6) is 0.609. The number of anilines is 2. The number of nitrogens with one attached hydrogen (secondary N) is 1. The van der Waals surface area contributed by atoms with Gasteiger partial charge >= 0.3 is 0 Å². The van der Waals surface area contributed by atoms with Gasteiger partial charge in [-0.1, -0.05) is 17.8 Å².